The average Bonchev–Trinajstić information content (AvgIpc) is 3.73. The molecule has 3 heterocycles. The molecule has 0 saturated carbocycles. The first-order chi connectivity index (χ1) is 24.0. The third-order valence-corrected chi connectivity index (χ3v) is 8.35. The van der Waals surface area contributed by atoms with Gasteiger partial charge >= 0.3 is 0 Å². The van der Waals surface area contributed by atoms with E-state index in [1.165, 1.54) is 4.68 Å². The van der Waals surface area contributed by atoms with Gasteiger partial charge in [-0.1, -0.05) is 44.2 Å². The van der Waals surface area contributed by atoms with Gasteiger partial charge in [-0.15, -0.1) is 0 Å². The zero-order valence-electron chi connectivity index (χ0n) is 29.2. The molecule has 0 radical (unpaired) electrons. The highest BCUT2D eigenvalue weighted by Crippen LogP contribution is 2.42. The lowest BCUT2D eigenvalue weighted by molar-refractivity contribution is -0.132. The number of hydrogen-bond acceptors (Lipinski definition) is 10. The van der Waals surface area contributed by atoms with E-state index in [2.05, 4.69) is 26.4 Å². The molecule has 4 N–H and O–H groups in total. The number of hydrogen-bond donors (Lipinski definition) is 4. The highest BCUT2D eigenvalue weighted by atomic mass is 16.7. The maximum atomic E-state index is 13.6. The van der Waals surface area contributed by atoms with E-state index in [9.17, 15) is 19.2 Å². The van der Waals surface area contributed by atoms with Gasteiger partial charge in [0, 0.05) is 25.2 Å². The number of methoxy groups -OCH3 is 1. The van der Waals surface area contributed by atoms with Crippen molar-refractivity contribution >= 4 is 23.6 Å². The number of amides is 4. The summed E-state index contributed by atoms with van der Waals surface area (Å²) in [4.78, 5) is 60.0. The van der Waals surface area contributed by atoms with E-state index >= 15 is 0 Å². The SMILES string of the molecule is COc1cc(CN2CCCNC(=O)Cn3nc(-c4ccccc4)nc3[C@H](C)NC(=O)[C@@H](CC(C)C)NC(=O)[C@@H](C)NC(=O)C2)cc2c1OCO2. The van der Waals surface area contributed by atoms with Gasteiger partial charge in [0.2, 0.25) is 36.2 Å². The molecule has 0 bridgehead atoms. The predicted molar refractivity (Wildman–Crippen MR) is 183 cm³/mol. The number of aromatic nitrogens is 3. The van der Waals surface area contributed by atoms with Crippen LogP contribution in [0.4, 0.5) is 0 Å². The van der Waals surface area contributed by atoms with Crippen LogP contribution < -0.4 is 35.5 Å². The van der Waals surface area contributed by atoms with Crippen LogP contribution in [-0.4, -0.2) is 88.9 Å². The van der Waals surface area contributed by atoms with Crippen LogP contribution in [0.15, 0.2) is 42.5 Å². The number of nitrogens with one attached hydrogen (secondary N) is 4. The molecule has 0 aliphatic carbocycles. The fourth-order valence-electron chi connectivity index (χ4n) is 5.90. The molecule has 15 heteroatoms. The number of nitrogens with zero attached hydrogens (tertiary/aromatic N) is 4. The van der Waals surface area contributed by atoms with Crippen molar-refractivity contribution in [1.29, 1.82) is 0 Å². The Morgan fingerprint density at radius 3 is 2.46 bits per heavy atom. The highest BCUT2D eigenvalue weighted by Gasteiger charge is 2.29. The number of benzene rings is 2. The zero-order chi connectivity index (χ0) is 35.8. The molecule has 4 amide bonds. The van der Waals surface area contributed by atoms with E-state index in [0.717, 1.165) is 11.1 Å². The first-order valence-corrected chi connectivity index (χ1v) is 16.9. The van der Waals surface area contributed by atoms with E-state index in [1.54, 1.807) is 21.0 Å². The second kappa shape index (κ2) is 16.5. The summed E-state index contributed by atoms with van der Waals surface area (Å²) < 4.78 is 18.1. The average molecular weight is 691 g/mol. The van der Waals surface area contributed by atoms with E-state index in [-0.39, 0.29) is 37.6 Å². The number of rotatable bonds is 6. The van der Waals surface area contributed by atoms with E-state index in [4.69, 9.17) is 19.2 Å². The van der Waals surface area contributed by atoms with Crippen molar-refractivity contribution in [2.75, 3.05) is 33.5 Å². The fourth-order valence-corrected chi connectivity index (χ4v) is 5.90. The van der Waals surface area contributed by atoms with Crippen molar-refractivity contribution in [1.82, 2.24) is 40.9 Å². The van der Waals surface area contributed by atoms with Crippen molar-refractivity contribution < 1.29 is 33.4 Å². The lowest BCUT2D eigenvalue weighted by Gasteiger charge is -2.25. The quantitative estimate of drug-likeness (QED) is 0.299. The minimum Gasteiger partial charge on any atom is -0.493 e. The van der Waals surface area contributed by atoms with Crippen molar-refractivity contribution in [3.05, 3.63) is 53.9 Å². The topological polar surface area (TPSA) is 178 Å². The van der Waals surface area contributed by atoms with Gasteiger partial charge in [0.05, 0.1) is 19.7 Å². The maximum absolute atomic E-state index is 13.6. The van der Waals surface area contributed by atoms with E-state index in [0.29, 0.717) is 61.4 Å². The van der Waals surface area contributed by atoms with Crippen molar-refractivity contribution in [2.45, 2.75) is 71.8 Å². The summed E-state index contributed by atoms with van der Waals surface area (Å²) in [5.41, 5.74) is 1.60. The summed E-state index contributed by atoms with van der Waals surface area (Å²) in [5, 5.41) is 16.1. The first kappa shape index (κ1) is 36.1. The molecule has 0 saturated heterocycles. The van der Waals surface area contributed by atoms with Crippen LogP contribution in [0.2, 0.25) is 0 Å². The van der Waals surface area contributed by atoms with Gasteiger partial charge < -0.3 is 35.5 Å². The van der Waals surface area contributed by atoms with Crippen LogP contribution in [0.1, 0.15) is 58.0 Å². The Hall–Kier alpha value is -5.18. The molecule has 0 unspecified atom stereocenters. The lowest BCUT2D eigenvalue weighted by Crippen LogP contribution is -2.54. The summed E-state index contributed by atoms with van der Waals surface area (Å²) in [6.07, 6.45) is 0.891. The van der Waals surface area contributed by atoms with Crippen molar-refractivity contribution in [3.63, 3.8) is 0 Å². The molecule has 3 aromatic rings. The molecule has 2 aliphatic rings. The first-order valence-electron chi connectivity index (χ1n) is 16.9. The van der Waals surface area contributed by atoms with Gasteiger partial charge in [0.15, 0.2) is 17.3 Å². The normalized spacial score (nSPS) is 21.2. The smallest absolute Gasteiger partial charge is 0.243 e. The molecule has 0 spiro atoms. The second-order valence-corrected chi connectivity index (χ2v) is 13.0. The van der Waals surface area contributed by atoms with Gasteiger partial charge in [0.1, 0.15) is 24.5 Å². The molecular weight excluding hydrogens is 644 g/mol. The largest absolute Gasteiger partial charge is 0.493 e. The molecular formula is C35H46N8O7. The molecule has 1 aromatic heterocycles. The van der Waals surface area contributed by atoms with Crippen LogP contribution in [-0.2, 0) is 32.3 Å². The van der Waals surface area contributed by atoms with Gasteiger partial charge in [-0.2, -0.15) is 5.10 Å². The lowest BCUT2D eigenvalue weighted by atomic mass is 10.0. The molecule has 3 atom stereocenters. The van der Waals surface area contributed by atoms with Gasteiger partial charge in [-0.25, -0.2) is 9.67 Å². The van der Waals surface area contributed by atoms with E-state index < -0.39 is 29.9 Å². The minimum atomic E-state index is -0.909. The summed E-state index contributed by atoms with van der Waals surface area (Å²) in [6.45, 7) is 8.32. The Kier molecular flexibility index (Phi) is 11.9. The Bertz CT molecular complexity index is 1680. The van der Waals surface area contributed by atoms with Crippen molar-refractivity contribution in [2.24, 2.45) is 5.92 Å². The standard InChI is InChI=1S/C35H46N8O7/c1-21(2)14-26-35(47)38-22(3)33-40-32(25-10-7-6-8-11-25)41-43(33)19-29(44)36-12-9-13-42(18-30(45)37-23(4)34(46)39-26)17-24-15-27(48-5)31-28(16-24)49-20-50-31/h6-8,10-11,15-16,21-23,26H,9,12-14,17-20H2,1-5H3,(H,36,44)(H,37,45)(H,38,47)(H,39,46)/t22-,23+,26+/m0/s1. The third kappa shape index (κ3) is 9.28. The van der Waals surface area contributed by atoms with Crippen LogP contribution in [0.25, 0.3) is 11.4 Å². The summed E-state index contributed by atoms with van der Waals surface area (Å²) in [5.74, 6) is 0.938. The highest BCUT2D eigenvalue weighted by molar-refractivity contribution is 5.92. The summed E-state index contributed by atoms with van der Waals surface area (Å²) in [6, 6.07) is 10.6. The summed E-state index contributed by atoms with van der Waals surface area (Å²) in [7, 11) is 1.54. The van der Waals surface area contributed by atoms with Gasteiger partial charge in [-0.3, -0.25) is 24.1 Å². The fraction of sp³-hybridized carbons (Fsp3) is 0.486. The molecule has 5 rings (SSSR count). The van der Waals surface area contributed by atoms with Crippen LogP contribution in [0, 0.1) is 5.92 Å². The number of ether oxygens (including phenoxy) is 3. The minimum absolute atomic E-state index is 0.0275. The number of fused-ring (bicyclic) bond motifs is 2. The van der Waals surface area contributed by atoms with Crippen LogP contribution >= 0.6 is 0 Å². The van der Waals surface area contributed by atoms with Gasteiger partial charge in [-0.05, 0) is 50.3 Å². The second-order valence-electron chi connectivity index (χ2n) is 13.0. The summed E-state index contributed by atoms with van der Waals surface area (Å²) >= 11 is 0. The van der Waals surface area contributed by atoms with Crippen LogP contribution in [0.3, 0.4) is 0 Å². The Balaban J connectivity index is 1.40. The molecule has 0 fully saturated rings. The molecule has 2 aliphatic heterocycles. The molecule has 15 nitrogen and oxygen atoms in total. The maximum Gasteiger partial charge on any atom is 0.243 e. The third-order valence-electron chi connectivity index (χ3n) is 8.35. The number of carbonyl (C=O) groups is 4. The van der Waals surface area contributed by atoms with Gasteiger partial charge in [0.25, 0.3) is 0 Å². The van der Waals surface area contributed by atoms with E-state index in [1.807, 2.05) is 61.2 Å². The van der Waals surface area contributed by atoms with Crippen molar-refractivity contribution in [3.8, 4) is 28.6 Å². The number of carbonyl (C=O) groups excluding carboxylic acids is 4. The molecule has 2 aromatic carbocycles. The zero-order valence-corrected chi connectivity index (χ0v) is 29.2. The van der Waals surface area contributed by atoms with Crippen LogP contribution in [0.5, 0.6) is 17.2 Å². The Morgan fingerprint density at radius 1 is 0.940 bits per heavy atom. The Morgan fingerprint density at radius 2 is 1.72 bits per heavy atom. The monoisotopic (exact) mass is 690 g/mol. The molecule has 50 heavy (non-hydrogen) atoms. The predicted octanol–water partition coefficient (Wildman–Crippen LogP) is 1.92. The Labute approximate surface area is 291 Å². The molecule has 268 valence electrons.